The summed E-state index contributed by atoms with van der Waals surface area (Å²) in [5, 5.41) is 32.8. The van der Waals surface area contributed by atoms with Gasteiger partial charge in [-0.05, 0) is 53.3 Å². The van der Waals surface area contributed by atoms with Crippen LogP contribution in [0.2, 0.25) is 0 Å². The summed E-state index contributed by atoms with van der Waals surface area (Å²) >= 11 is 0. The van der Waals surface area contributed by atoms with E-state index in [1.807, 2.05) is 29.2 Å². The molecular formula is C31H36N2O6S. The number of nitrogens with one attached hydrogen (secondary N) is 1. The molecule has 40 heavy (non-hydrogen) atoms. The zero-order valence-electron chi connectivity index (χ0n) is 22.7. The first-order valence-electron chi connectivity index (χ1n) is 13.2. The molecule has 4 N–H and O–H groups in total. The highest BCUT2D eigenvalue weighted by Gasteiger charge is 2.40. The monoisotopic (exact) mass is 564 g/mol. The molecule has 0 bridgehead atoms. The molecule has 212 valence electrons. The maximum atomic E-state index is 12.7. The predicted molar refractivity (Wildman–Crippen MR) is 156 cm³/mol. The van der Waals surface area contributed by atoms with Gasteiger partial charge >= 0.3 is 0 Å². The number of phenolic OH excluding ortho intramolecular Hbond substituents is 1. The number of aliphatic hydroxyl groups excluding tert-OH is 2. The summed E-state index contributed by atoms with van der Waals surface area (Å²) in [6.07, 6.45) is 2.74. The van der Waals surface area contributed by atoms with Crippen LogP contribution in [-0.4, -0.2) is 71.4 Å². The molecule has 4 rings (SSSR count). The van der Waals surface area contributed by atoms with Crippen molar-refractivity contribution in [2.75, 3.05) is 25.9 Å². The molecule has 1 aliphatic heterocycles. The molecule has 0 spiro atoms. The van der Waals surface area contributed by atoms with Crippen LogP contribution in [-0.2, 0) is 16.4 Å². The molecule has 2 atom stereocenters. The number of carbonyl (C=O) groups excluding carboxylic acids is 1. The fraction of sp³-hybridized carbons (Fsp3) is 0.323. The number of hydrogen-bond donors (Lipinski definition) is 4. The molecule has 3 aromatic rings. The second-order valence-corrected chi connectivity index (χ2v) is 13.0. The van der Waals surface area contributed by atoms with Gasteiger partial charge in [0, 0.05) is 32.3 Å². The maximum Gasteiger partial charge on any atom is 0.255 e. The fourth-order valence-electron chi connectivity index (χ4n) is 4.80. The third-order valence-electron chi connectivity index (χ3n) is 7.67. The highest BCUT2D eigenvalue weighted by atomic mass is 32.2. The first-order valence-corrected chi connectivity index (χ1v) is 15.1. The number of carbonyl (C=O) groups is 1. The second-order valence-electron chi connectivity index (χ2n) is 10.5. The molecule has 1 aliphatic rings. The van der Waals surface area contributed by atoms with E-state index < -0.39 is 26.7 Å². The first kappa shape index (κ1) is 29.5. The Hall–Kier alpha value is -3.50. The van der Waals surface area contributed by atoms with E-state index >= 15 is 0 Å². The zero-order valence-corrected chi connectivity index (χ0v) is 23.6. The molecule has 1 heterocycles. The lowest BCUT2D eigenvalue weighted by molar-refractivity contribution is -0.00246. The minimum atomic E-state index is -3.66. The van der Waals surface area contributed by atoms with Crippen molar-refractivity contribution in [1.82, 2.24) is 10.2 Å². The molecule has 1 amide bonds. The topological polar surface area (TPSA) is 127 Å². The molecule has 8 nitrogen and oxygen atoms in total. The lowest BCUT2D eigenvalue weighted by Crippen LogP contribution is -2.51. The van der Waals surface area contributed by atoms with Crippen molar-refractivity contribution in [3.63, 3.8) is 0 Å². The average Bonchev–Trinajstić information content (AvgIpc) is 2.96. The summed E-state index contributed by atoms with van der Waals surface area (Å²) in [4.78, 5) is 14.4. The van der Waals surface area contributed by atoms with Gasteiger partial charge in [0.05, 0.1) is 16.9 Å². The highest BCUT2D eigenvalue weighted by Crippen LogP contribution is 2.29. The van der Waals surface area contributed by atoms with E-state index in [-0.39, 0.29) is 30.9 Å². The number of aliphatic hydroxyl groups is 2. The SMILES string of the molecule is CC(CNC(=O)c1ccccc1O)(CC(O)N1CC=C(c2ccc(-c3ccc(CO)cc3)cc2)CC1)S(C)(=O)=O. The molecular weight excluding hydrogens is 528 g/mol. The number of para-hydroxylation sites is 1. The Kier molecular flexibility index (Phi) is 9.10. The summed E-state index contributed by atoms with van der Waals surface area (Å²) in [7, 11) is -3.66. The van der Waals surface area contributed by atoms with Crippen LogP contribution in [0.1, 0.15) is 41.3 Å². The van der Waals surface area contributed by atoms with Crippen LogP contribution in [0.3, 0.4) is 0 Å². The van der Waals surface area contributed by atoms with E-state index in [0.29, 0.717) is 19.5 Å². The average molecular weight is 565 g/mol. The van der Waals surface area contributed by atoms with E-state index in [4.69, 9.17) is 0 Å². The lowest BCUT2D eigenvalue weighted by Gasteiger charge is -2.36. The van der Waals surface area contributed by atoms with Crippen molar-refractivity contribution in [3.05, 3.63) is 95.6 Å². The number of sulfone groups is 1. The first-order chi connectivity index (χ1) is 19.0. The summed E-state index contributed by atoms with van der Waals surface area (Å²) in [6.45, 7) is 2.34. The number of phenols is 1. The smallest absolute Gasteiger partial charge is 0.255 e. The van der Waals surface area contributed by atoms with Gasteiger partial charge in [0.1, 0.15) is 12.0 Å². The Morgan fingerprint density at radius 2 is 1.60 bits per heavy atom. The van der Waals surface area contributed by atoms with E-state index in [9.17, 15) is 28.5 Å². The number of hydrogen-bond acceptors (Lipinski definition) is 7. The molecule has 0 saturated carbocycles. The summed E-state index contributed by atoms with van der Waals surface area (Å²) in [5.41, 5.74) is 5.33. The largest absolute Gasteiger partial charge is 0.507 e. The molecule has 3 aromatic carbocycles. The number of nitrogens with zero attached hydrogens (tertiary/aromatic N) is 1. The van der Waals surface area contributed by atoms with E-state index in [2.05, 4.69) is 35.7 Å². The van der Waals surface area contributed by atoms with Gasteiger partial charge in [-0.1, -0.05) is 66.7 Å². The molecule has 0 aromatic heterocycles. The Bertz CT molecular complexity index is 1470. The Morgan fingerprint density at radius 3 is 2.15 bits per heavy atom. The lowest BCUT2D eigenvalue weighted by atomic mass is 9.96. The minimum absolute atomic E-state index is 0.0167. The van der Waals surface area contributed by atoms with Crippen LogP contribution in [0, 0.1) is 0 Å². The van der Waals surface area contributed by atoms with Crippen LogP contribution in [0.15, 0.2) is 78.9 Å². The number of rotatable bonds is 10. The quantitative estimate of drug-likeness (QED) is 0.296. The van der Waals surface area contributed by atoms with Gasteiger partial charge in [0.25, 0.3) is 5.91 Å². The third-order valence-corrected chi connectivity index (χ3v) is 9.77. The fourth-order valence-corrected chi connectivity index (χ4v) is 5.58. The van der Waals surface area contributed by atoms with Crippen LogP contribution < -0.4 is 5.32 Å². The molecule has 0 aliphatic carbocycles. The van der Waals surface area contributed by atoms with E-state index in [0.717, 1.165) is 34.1 Å². The molecule has 0 saturated heterocycles. The van der Waals surface area contributed by atoms with Crippen molar-refractivity contribution in [1.29, 1.82) is 0 Å². The van der Waals surface area contributed by atoms with Gasteiger partial charge in [-0.15, -0.1) is 0 Å². The Balaban J connectivity index is 1.39. The zero-order chi connectivity index (χ0) is 28.9. The van der Waals surface area contributed by atoms with Gasteiger partial charge in [-0.3, -0.25) is 9.69 Å². The van der Waals surface area contributed by atoms with E-state index in [1.165, 1.54) is 19.1 Å². The Labute approximate surface area is 235 Å². The van der Waals surface area contributed by atoms with Crippen LogP contribution in [0.4, 0.5) is 0 Å². The van der Waals surface area contributed by atoms with Gasteiger partial charge in [0.15, 0.2) is 9.84 Å². The predicted octanol–water partition coefficient (Wildman–Crippen LogP) is 3.58. The standard InChI is InChI=1S/C31H36N2O6S/c1-31(40(2,38)39,21-32-30(37)27-5-3-4-6-28(27)35)19-29(36)33-17-15-26(16-18-33)25-13-11-24(12-14-25)23-9-7-22(20-34)8-10-23/h3-15,29,34-36H,16-21H2,1-2H3,(H,32,37). The number of aromatic hydroxyl groups is 1. The highest BCUT2D eigenvalue weighted by molar-refractivity contribution is 7.92. The van der Waals surface area contributed by atoms with Crippen LogP contribution in [0.25, 0.3) is 16.7 Å². The van der Waals surface area contributed by atoms with Crippen LogP contribution >= 0.6 is 0 Å². The number of benzene rings is 3. The van der Waals surface area contributed by atoms with Gasteiger partial charge in [-0.2, -0.15) is 0 Å². The molecule has 0 radical (unpaired) electrons. The molecule has 0 fully saturated rings. The van der Waals surface area contributed by atoms with Crippen LogP contribution in [0.5, 0.6) is 5.75 Å². The number of amides is 1. The maximum absolute atomic E-state index is 12.7. The molecule has 2 unspecified atom stereocenters. The van der Waals surface area contributed by atoms with Crippen molar-refractivity contribution < 1.29 is 28.5 Å². The van der Waals surface area contributed by atoms with Crippen molar-refractivity contribution in [2.24, 2.45) is 0 Å². The Morgan fingerprint density at radius 1 is 1.00 bits per heavy atom. The molecule has 9 heteroatoms. The van der Waals surface area contributed by atoms with Gasteiger partial charge in [-0.25, -0.2) is 8.42 Å². The summed E-state index contributed by atoms with van der Waals surface area (Å²) in [6, 6.07) is 22.1. The minimum Gasteiger partial charge on any atom is -0.507 e. The second kappa shape index (κ2) is 12.3. The van der Waals surface area contributed by atoms with E-state index in [1.54, 1.807) is 12.1 Å². The normalized spacial score (nSPS) is 16.6. The van der Waals surface area contributed by atoms with Gasteiger partial charge in [0.2, 0.25) is 0 Å². The van der Waals surface area contributed by atoms with Crippen molar-refractivity contribution >= 4 is 21.3 Å². The van der Waals surface area contributed by atoms with Crippen molar-refractivity contribution in [2.45, 2.75) is 37.3 Å². The third kappa shape index (κ3) is 6.79. The van der Waals surface area contributed by atoms with Crippen molar-refractivity contribution in [3.8, 4) is 16.9 Å². The van der Waals surface area contributed by atoms with Gasteiger partial charge < -0.3 is 20.6 Å². The summed E-state index contributed by atoms with van der Waals surface area (Å²) < 4.78 is 24.1. The summed E-state index contributed by atoms with van der Waals surface area (Å²) in [5.74, 6) is -0.774.